The molecule has 2 rings (SSSR count). The number of hydrogen-bond acceptors (Lipinski definition) is 2. The van der Waals surface area contributed by atoms with Gasteiger partial charge in [-0.05, 0) is 12.8 Å². The Labute approximate surface area is 104 Å². The Hall–Kier alpha value is -1.04. The van der Waals surface area contributed by atoms with Gasteiger partial charge in [-0.2, -0.15) is 13.2 Å². The van der Waals surface area contributed by atoms with Crippen molar-refractivity contribution in [1.29, 1.82) is 0 Å². The van der Waals surface area contributed by atoms with Crippen molar-refractivity contribution in [3.05, 3.63) is 18.2 Å². The van der Waals surface area contributed by atoms with Crippen LogP contribution in [0.4, 0.5) is 13.2 Å². The number of nitrogens with one attached hydrogen (secondary N) is 1. The van der Waals surface area contributed by atoms with Gasteiger partial charge in [0.1, 0.15) is 5.82 Å². The molecule has 18 heavy (non-hydrogen) atoms. The molecule has 1 aliphatic rings. The van der Waals surface area contributed by atoms with E-state index in [9.17, 15) is 13.2 Å². The van der Waals surface area contributed by atoms with Crippen LogP contribution in [0.25, 0.3) is 0 Å². The minimum absolute atomic E-state index is 0.238. The lowest BCUT2D eigenvalue weighted by atomic mass is 9.84. The Morgan fingerprint density at radius 2 is 2.11 bits per heavy atom. The Morgan fingerprint density at radius 1 is 1.39 bits per heavy atom. The standard InChI is InChI=1S/C12H18F3N3/c1-18-7-6-16-11(18)8-17-10-5-3-2-4-9(10)12(13,14)15/h6-7,9-10,17H,2-5,8H2,1H3. The summed E-state index contributed by atoms with van der Waals surface area (Å²) in [6, 6.07) is -0.476. The molecule has 1 aromatic rings. The minimum Gasteiger partial charge on any atom is -0.337 e. The second kappa shape index (κ2) is 5.30. The predicted molar refractivity (Wildman–Crippen MR) is 61.8 cm³/mol. The molecule has 0 amide bonds. The van der Waals surface area contributed by atoms with Gasteiger partial charge in [0.25, 0.3) is 0 Å². The number of hydrogen-bond donors (Lipinski definition) is 1. The fraction of sp³-hybridized carbons (Fsp3) is 0.750. The Morgan fingerprint density at radius 3 is 2.72 bits per heavy atom. The lowest BCUT2D eigenvalue weighted by Crippen LogP contribution is -2.45. The minimum atomic E-state index is -4.10. The molecule has 0 aliphatic heterocycles. The first kappa shape index (κ1) is 13.4. The van der Waals surface area contributed by atoms with E-state index in [1.807, 2.05) is 11.6 Å². The summed E-state index contributed by atoms with van der Waals surface area (Å²) >= 11 is 0. The molecule has 1 aromatic heterocycles. The smallest absolute Gasteiger partial charge is 0.337 e. The first-order valence-corrected chi connectivity index (χ1v) is 6.25. The second-order valence-electron chi connectivity index (χ2n) is 4.87. The predicted octanol–water partition coefficient (Wildman–Crippen LogP) is 2.63. The summed E-state index contributed by atoms with van der Waals surface area (Å²) in [5.74, 6) is -0.451. The van der Waals surface area contributed by atoms with Gasteiger partial charge in [-0.15, -0.1) is 0 Å². The first-order valence-electron chi connectivity index (χ1n) is 6.25. The molecule has 1 saturated carbocycles. The van der Waals surface area contributed by atoms with Crippen molar-refractivity contribution in [2.45, 2.75) is 44.4 Å². The van der Waals surface area contributed by atoms with Crippen LogP contribution >= 0.6 is 0 Å². The zero-order valence-corrected chi connectivity index (χ0v) is 10.4. The number of imidazole rings is 1. The van der Waals surface area contributed by atoms with Crippen LogP contribution in [0.15, 0.2) is 12.4 Å². The van der Waals surface area contributed by atoms with Crippen molar-refractivity contribution in [3.63, 3.8) is 0 Å². The molecule has 1 heterocycles. The third-order valence-electron chi connectivity index (χ3n) is 3.63. The van der Waals surface area contributed by atoms with Crippen molar-refractivity contribution in [2.24, 2.45) is 13.0 Å². The molecule has 0 aromatic carbocycles. The molecule has 0 saturated heterocycles. The van der Waals surface area contributed by atoms with E-state index in [-0.39, 0.29) is 6.42 Å². The number of aryl methyl sites for hydroxylation is 1. The summed E-state index contributed by atoms with van der Waals surface area (Å²) in [5, 5.41) is 3.02. The fourth-order valence-electron chi connectivity index (χ4n) is 2.56. The summed E-state index contributed by atoms with van der Waals surface area (Å²) in [6.45, 7) is 0.390. The summed E-state index contributed by atoms with van der Waals surface area (Å²) in [6.07, 6.45) is 1.71. The molecule has 1 N–H and O–H groups in total. The first-order chi connectivity index (χ1) is 8.48. The van der Waals surface area contributed by atoms with Gasteiger partial charge in [-0.1, -0.05) is 12.8 Å². The number of rotatable bonds is 3. The van der Waals surface area contributed by atoms with Crippen molar-refractivity contribution in [3.8, 4) is 0 Å². The van der Waals surface area contributed by atoms with E-state index in [1.165, 1.54) is 0 Å². The quantitative estimate of drug-likeness (QED) is 0.906. The highest BCUT2D eigenvalue weighted by atomic mass is 19.4. The molecule has 0 bridgehead atoms. The molecule has 1 fully saturated rings. The van der Waals surface area contributed by atoms with Gasteiger partial charge in [-0.25, -0.2) is 4.98 Å². The van der Waals surface area contributed by atoms with Crippen LogP contribution in [0.1, 0.15) is 31.5 Å². The third kappa shape index (κ3) is 3.04. The summed E-state index contributed by atoms with van der Waals surface area (Å²) in [4.78, 5) is 4.11. The van der Waals surface area contributed by atoms with Crippen molar-refractivity contribution in [2.75, 3.05) is 0 Å². The highest BCUT2D eigenvalue weighted by molar-refractivity contribution is 4.93. The van der Waals surface area contributed by atoms with Gasteiger partial charge < -0.3 is 9.88 Å². The zero-order valence-electron chi connectivity index (χ0n) is 10.4. The number of alkyl halides is 3. The largest absolute Gasteiger partial charge is 0.393 e. The third-order valence-corrected chi connectivity index (χ3v) is 3.63. The average Bonchev–Trinajstić information content (AvgIpc) is 2.71. The molecule has 2 unspecified atom stereocenters. The van der Waals surface area contributed by atoms with Crippen LogP contribution in [0.5, 0.6) is 0 Å². The maximum Gasteiger partial charge on any atom is 0.393 e. The molecular formula is C12H18F3N3. The number of halogens is 3. The van der Waals surface area contributed by atoms with Crippen LogP contribution in [-0.2, 0) is 13.6 Å². The molecule has 0 spiro atoms. The maximum absolute atomic E-state index is 12.9. The number of aromatic nitrogens is 2. The van der Waals surface area contributed by atoms with Crippen LogP contribution in [0.2, 0.25) is 0 Å². The Balaban J connectivity index is 1.96. The molecular weight excluding hydrogens is 243 g/mol. The van der Waals surface area contributed by atoms with Gasteiger partial charge in [0.2, 0.25) is 0 Å². The topological polar surface area (TPSA) is 29.9 Å². The highest BCUT2D eigenvalue weighted by Crippen LogP contribution is 2.37. The summed E-state index contributed by atoms with van der Waals surface area (Å²) in [5.41, 5.74) is 0. The molecule has 102 valence electrons. The molecule has 6 heteroatoms. The molecule has 2 atom stereocenters. The normalized spacial score (nSPS) is 25.3. The molecule has 1 aliphatic carbocycles. The zero-order chi connectivity index (χ0) is 13.2. The van der Waals surface area contributed by atoms with Gasteiger partial charge >= 0.3 is 6.18 Å². The van der Waals surface area contributed by atoms with Gasteiger partial charge in [0, 0.05) is 25.5 Å². The van der Waals surface area contributed by atoms with Crippen LogP contribution < -0.4 is 5.32 Å². The average molecular weight is 261 g/mol. The van der Waals surface area contributed by atoms with E-state index in [4.69, 9.17) is 0 Å². The van der Waals surface area contributed by atoms with E-state index in [2.05, 4.69) is 10.3 Å². The SMILES string of the molecule is Cn1ccnc1CNC1CCCCC1C(F)(F)F. The lowest BCUT2D eigenvalue weighted by Gasteiger charge is -2.33. The highest BCUT2D eigenvalue weighted by Gasteiger charge is 2.45. The van der Waals surface area contributed by atoms with E-state index in [0.29, 0.717) is 19.4 Å². The lowest BCUT2D eigenvalue weighted by molar-refractivity contribution is -0.189. The summed E-state index contributed by atoms with van der Waals surface area (Å²) in [7, 11) is 1.84. The van der Waals surface area contributed by atoms with Crippen LogP contribution in [0, 0.1) is 5.92 Å². The van der Waals surface area contributed by atoms with Crippen molar-refractivity contribution in [1.82, 2.24) is 14.9 Å². The fourth-order valence-corrected chi connectivity index (χ4v) is 2.56. The number of nitrogens with zero attached hydrogens (tertiary/aromatic N) is 2. The molecule has 0 radical (unpaired) electrons. The van der Waals surface area contributed by atoms with E-state index < -0.39 is 18.1 Å². The van der Waals surface area contributed by atoms with E-state index in [1.54, 1.807) is 12.4 Å². The maximum atomic E-state index is 12.9. The van der Waals surface area contributed by atoms with Crippen LogP contribution in [-0.4, -0.2) is 21.8 Å². The van der Waals surface area contributed by atoms with E-state index >= 15 is 0 Å². The van der Waals surface area contributed by atoms with Gasteiger partial charge in [-0.3, -0.25) is 0 Å². The molecule has 3 nitrogen and oxygen atoms in total. The van der Waals surface area contributed by atoms with E-state index in [0.717, 1.165) is 12.2 Å². The van der Waals surface area contributed by atoms with Gasteiger partial charge in [0.05, 0.1) is 12.5 Å². The Bertz CT molecular complexity index is 386. The van der Waals surface area contributed by atoms with Crippen LogP contribution in [0.3, 0.4) is 0 Å². The van der Waals surface area contributed by atoms with Crippen molar-refractivity contribution < 1.29 is 13.2 Å². The van der Waals surface area contributed by atoms with Gasteiger partial charge in [0.15, 0.2) is 0 Å². The Kier molecular flexibility index (Phi) is 3.94. The second-order valence-corrected chi connectivity index (χ2v) is 4.87. The summed E-state index contributed by atoms with van der Waals surface area (Å²) < 4.78 is 40.4. The monoisotopic (exact) mass is 261 g/mol. The van der Waals surface area contributed by atoms with Crippen molar-refractivity contribution >= 4 is 0 Å².